The molecule has 5 aromatic rings. The van der Waals surface area contributed by atoms with Crippen LogP contribution in [0.5, 0.6) is 0 Å². The number of fused-ring (bicyclic) bond motifs is 3. The fraction of sp³-hybridized carbons (Fsp3) is 0. The van der Waals surface area contributed by atoms with Gasteiger partial charge in [-0.15, -0.1) is 0 Å². The second-order valence-electron chi connectivity index (χ2n) is 6.07. The predicted molar refractivity (Wildman–Crippen MR) is 102 cm³/mol. The number of aromatic nitrogens is 1. The zero-order chi connectivity index (χ0) is 15.9. The molecule has 0 radical (unpaired) electrons. The van der Waals surface area contributed by atoms with Crippen LogP contribution in [-0.2, 0) is 0 Å². The third kappa shape index (κ3) is 1.92. The molecule has 4 aromatic carbocycles. The molecule has 0 fully saturated rings. The van der Waals surface area contributed by atoms with E-state index in [0.717, 1.165) is 5.69 Å². The molecular weight excluding hydrogens is 290 g/mol. The minimum absolute atomic E-state index is 1.06. The zero-order valence-electron chi connectivity index (χ0n) is 13.1. The fourth-order valence-electron chi connectivity index (χ4n) is 3.59. The number of hydrogen-bond donors (Lipinski definition) is 0. The van der Waals surface area contributed by atoms with Crippen LogP contribution in [0, 0.1) is 0 Å². The maximum atomic E-state index is 4.78. The first-order valence-electron chi connectivity index (χ1n) is 8.16. The highest BCUT2D eigenvalue weighted by Gasteiger charge is 2.13. The van der Waals surface area contributed by atoms with Gasteiger partial charge in [-0.1, -0.05) is 72.8 Å². The van der Waals surface area contributed by atoms with Gasteiger partial charge in [-0.3, -0.25) is 4.98 Å². The molecule has 0 aliphatic heterocycles. The first-order chi connectivity index (χ1) is 11.9. The summed E-state index contributed by atoms with van der Waals surface area (Å²) in [4.78, 5) is 4.78. The molecule has 1 nitrogen and oxygen atoms in total. The summed E-state index contributed by atoms with van der Waals surface area (Å²) in [5.41, 5.74) is 2.28. The number of hydrogen-bond acceptors (Lipinski definition) is 1. The van der Waals surface area contributed by atoms with Gasteiger partial charge in [-0.25, -0.2) is 0 Å². The van der Waals surface area contributed by atoms with Crippen LogP contribution in [0.1, 0.15) is 0 Å². The van der Waals surface area contributed by atoms with Crippen molar-refractivity contribution in [3.8, 4) is 11.3 Å². The molecule has 24 heavy (non-hydrogen) atoms. The number of rotatable bonds is 1. The number of nitrogens with zero attached hydrogens (tertiary/aromatic N) is 1. The molecule has 0 N–H and O–H groups in total. The largest absolute Gasteiger partial charge is 0.256 e. The number of benzene rings is 4. The highest BCUT2D eigenvalue weighted by atomic mass is 14.7. The van der Waals surface area contributed by atoms with Gasteiger partial charge in [0, 0.05) is 17.1 Å². The third-order valence-electron chi connectivity index (χ3n) is 4.68. The lowest BCUT2D eigenvalue weighted by Gasteiger charge is -2.13. The lowest BCUT2D eigenvalue weighted by atomic mass is 9.92. The van der Waals surface area contributed by atoms with Gasteiger partial charge in [0.2, 0.25) is 0 Å². The summed E-state index contributed by atoms with van der Waals surface area (Å²) in [6.45, 7) is 0. The average molecular weight is 305 g/mol. The topological polar surface area (TPSA) is 12.9 Å². The molecule has 0 amide bonds. The van der Waals surface area contributed by atoms with Gasteiger partial charge >= 0.3 is 0 Å². The van der Waals surface area contributed by atoms with Crippen molar-refractivity contribution < 1.29 is 0 Å². The van der Waals surface area contributed by atoms with Crippen LogP contribution in [-0.4, -0.2) is 4.98 Å². The van der Waals surface area contributed by atoms with E-state index >= 15 is 0 Å². The molecule has 0 atom stereocenters. The molecule has 112 valence electrons. The van der Waals surface area contributed by atoms with Crippen molar-refractivity contribution in [3.63, 3.8) is 0 Å². The summed E-state index contributed by atoms with van der Waals surface area (Å²) in [5.74, 6) is 0. The standard InChI is InChI=1S/C23H15N/c1-6-12-21-16(7-1)13-14-24-23(21)22-19-10-4-2-8-17(19)15-18-9-3-5-11-20(18)22/h1-15H. The van der Waals surface area contributed by atoms with E-state index in [1.807, 2.05) is 6.20 Å². The summed E-state index contributed by atoms with van der Waals surface area (Å²) >= 11 is 0. The molecule has 1 heterocycles. The zero-order valence-corrected chi connectivity index (χ0v) is 13.1. The molecule has 1 aromatic heterocycles. The Labute approximate surface area is 140 Å². The summed E-state index contributed by atoms with van der Waals surface area (Å²) in [6, 6.07) is 29.9. The van der Waals surface area contributed by atoms with E-state index in [-0.39, 0.29) is 0 Å². The molecule has 0 spiro atoms. The van der Waals surface area contributed by atoms with Crippen molar-refractivity contribution in [1.82, 2.24) is 4.98 Å². The van der Waals surface area contributed by atoms with Gasteiger partial charge in [0.1, 0.15) is 0 Å². The van der Waals surface area contributed by atoms with E-state index in [2.05, 4.69) is 84.9 Å². The van der Waals surface area contributed by atoms with Gasteiger partial charge < -0.3 is 0 Å². The molecule has 0 aliphatic carbocycles. The van der Waals surface area contributed by atoms with Crippen molar-refractivity contribution >= 4 is 32.3 Å². The van der Waals surface area contributed by atoms with Crippen LogP contribution in [0.4, 0.5) is 0 Å². The first kappa shape index (κ1) is 13.3. The van der Waals surface area contributed by atoms with E-state index in [0.29, 0.717) is 0 Å². The molecule has 0 unspecified atom stereocenters. The molecule has 5 rings (SSSR count). The summed E-state index contributed by atoms with van der Waals surface area (Å²) in [6.07, 6.45) is 1.91. The lowest BCUT2D eigenvalue weighted by molar-refractivity contribution is 1.37. The quantitative estimate of drug-likeness (QED) is 0.336. The Hall–Kier alpha value is -3.19. The second kappa shape index (κ2) is 5.17. The van der Waals surface area contributed by atoms with E-state index < -0.39 is 0 Å². The maximum Gasteiger partial charge on any atom is 0.0792 e. The van der Waals surface area contributed by atoms with Crippen LogP contribution >= 0.6 is 0 Å². The monoisotopic (exact) mass is 305 g/mol. The Bertz CT molecular complexity index is 1150. The molecule has 0 aliphatic rings. The van der Waals surface area contributed by atoms with E-state index in [1.54, 1.807) is 0 Å². The van der Waals surface area contributed by atoms with Crippen LogP contribution in [0.2, 0.25) is 0 Å². The van der Waals surface area contributed by atoms with Gasteiger partial charge in [0.05, 0.1) is 5.69 Å². The van der Waals surface area contributed by atoms with Gasteiger partial charge in [-0.05, 0) is 39.1 Å². The molecule has 0 saturated heterocycles. The minimum atomic E-state index is 1.06. The van der Waals surface area contributed by atoms with Crippen LogP contribution in [0.3, 0.4) is 0 Å². The van der Waals surface area contributed by atoms with Crippen LogP contribution < -0.4 is 0 Å². The second-order valence-corrected chi connectivity index (χ2v) is 6.07. The van der Waals surface area contributed by atoms with Gasteiger partial charge in [0.15, 0.2) is 0 Å². The molecule has 1 heteroatoms. The summed E-state index contributed by atoms with van der Waals surface area (Å²) in [5, 5.41) is 7.42. The SMILES string of the molecule is c1ccc2c(-c3c4ccccc4cc4ccccc34)nccc2c1. The third-order valence-corrected chi connectivity index (χ3v) is 4.68. The van der Waals surface area contributed by atoms with E-state index in [4.69, 9.17) is 4.98 Å². The lowest BCUT2D eigenvalue weighted by Crippen LogP contribution is -1.90. The van der Waals surface area contributed by atoms with Gasteiger partial charge in [-0.2, -0.15) is 0 Å². The van der Waals surface area contributed by atoms with Gasteiger partial charge in [0.25, 0.3) is 0 Å². The summed E-state index contributed by atoms with van der Waals surface area (Å²) < 4.78 is 0. The van der Waals surface area contributed by atoms with Crippen molar-refractivity contribution in [3.05, 3.63) is 91.1 Å². The minimum Gasteiger partial charge on any atom is -0.256 e. The van der Waals surface area contributed by atoms with Crippen LogP contribution in [0.15, 0.2) is 91.1 Å². The smallest absolute Gasteiger partial charge is 0.0792 e. The molecular formula is C23H15N. The Morgan fingerprint density at radius 3 is 1.71 bits per heavy atom. The van der Waals surface area contributed by atoms with E-state index in [9.17, 15) is 0 Å². The van der Waals surface area contributed by atoms with Crippen molar-refractivity contribution in [2.75, 3.05) is 0 Å². The summed E-state index contributed by atoms with van der Waals surface area (Å²) in [7, 11) is 0. The Balaban J connectivity index is 2.04. The van der Waals surface area contributed by atoms with E-state index in [1.165, 1.54) is 37.9 Å². The Kier molecular flexibility index (Phi) is 2.86. The van der Waals surface area contributed by atoms with Crippen molar-refractivity contribution in [1.29, 1.82) is 0 Å². The molecule has 0 saturated carbocycles. The van der Waals surface area contributed by atoms with Crippen LogP contribution in [0.25, 0.3) is 43.6 Å². The average Bonchev–Trinajstić information content (AvgIpc) is 2.66. The molecule has 0 bridgehead atoms. The van der Waals surface area contributed by atoms with Crippen molar-refractivity contribution in [2.45, 2.75) is 0 Å². The Morgan fingerprint density at radius 2 is 1.04 bits per heavy atom. The number of pyridine rings is 1. The Morgan fingerprint density at radius 1 is 0.500 bits per heavy atom. The van der Waals surface area contributed by atoms with Crippen molar-refractivity contribution in [2.24, 2.45) is 0 Å². The first-order valence-corrected chi connectivity index (χ1v) is 8.16. The highest BCUT2D eigenvalue weighted by Crippen LogP contribution is 2.38. The maximum absolute atomic E-state index is 4.78. The predicted octanol–water partition coefficient (Wildman–Crippen LogP) is 6.21. The normalized spacial score (nSPS) is 11.3. The highest BCUT2D eigenvalue weighted by molar-refractivity contribution is 6.15. The fourth-order valence-corrected chi connectivity index (χ4v) is 3.59.